The molecule has 1 aliphatic heterocycles. The highest BCUT2D eigenvalue weighted by atomic mass is 32.2. The number of thioether (sulfide) groups is 1. The molecule has 0 unspecified atom stereocenters. The van der Waals surface area contributed by atoms with Gasteiger partial charge in [-0.1, -0.05) is 6.07 Å². The van der Waals surface area contributed by atoms with Crippen LogP contribution in [0.5, 0.6) is 0 Å². The summed E-state index contributed by atoms with van der Waals surface area (Å²) in [5.41, 5.74) is 2.64. The molecule has 1 fully saturated rings. The minimum atomic E-state index is 0.0165. The molecule has 0 bridgehead atoms. The van der Waals surface area contributed by atoms with Crippen molar-refractivity contribution in [2.24, 2.45) is 0 Å². The quantitative estimate of drug-likeness (QED) is 0.899. The van der Waals surface area contributed by atoms with E-state index in [2.05, 4.69) is 10.3 Å². The molecule has 1 N–H and O–H groups in total. The van der Waals surface area contributed by atoms with Crippen LogP contribution in [0.1, 0.15) is 16.1 Å². The molecule has 0 radical (unpaired) electrons. The number of fused-ring (bicyclic) bond motifs is 1. The van der Waals surface area contributed by atoms with Gasteiger partial charge >= 0.3 is 0 Å². The zero-order valence-corrected chi connectivity index (χ0v) is 11.0. The van der Waals surface area contributed by atoms with E-state index >= 15 is 0 Å². The van der Waals surface area contributed by atoms with Gasteiger partial charge in [0, 0.05) is 34.2 Å². The third-order valence-corrected chi connectivity index (χ3v) is 4.34. The molecule has 18 heavy (non-hydrogen) atoms. The first-order chi connectivity index (χ1) is 8.72. The lowest BCUT2D eigenvalue weighted by molar-refractivity contribution is 0.0943. The first kappa shape index (κ1) is 11.5. The summed E-state index contributed by atoms with van der Waals surface area (Å²) >= 11 is 1.86. The number of carbonyl (C=O) groups excluding carboxylic acids is 1. The Hall–Kier alpha value is -1.55. The highest BCUT2D eigenvalue weighted by molar-refractivity contribution is 8.00. The number of carbonyl (C=O) groups is 1. The van der Waals surface area contributed by atoms with Crippen molar-refractivity contribution in [2.75, 3.05) is 11.5 Å². The molecule has 1 aromatic heterocycles. The molecule has 1 amide bonds. The van der Waals surface area contributed by atoms with Crippen LogP contribution < -0.4 is 5.32 Å². The van der Waals surface area contributed by atoms with Crippen LogP contribution in [0.15, 0.2) is 30.3 Å². The van der Waals surface area contributed by atoms with Gasteiger partial charge in [0.15, 0.2) is 0 Å². The Balaban J connectivity index is 1.87. The van der Waals surface area contributed by atoms with Crippen LogP contribution in [-0.2, 0) is 0 Å². The maximum atomic E-state index is 12.0. The van der Waals surface area contributed by atoms with Gasteiger partial charge in [0.05, 0.1) is 5.52 Å². The molecule has 1 aromatic carbocycles. The number of hydrogen-bond donors (Lipinski definition) is 1. The Labute approximate surface area is 110 Å². The molecule has 4 heteroatoms. The Bertz CT molecular complexity index is 608. The average molecular weight is 258 g/mol. The van der Waals surface area contributed by atoms with Crippen LogP contribution >= 0.6 is 11.8 Å². The van der Waals surface area contributed by atoms with Crippen molar-refractivity contribution in [3.05, 3.63) is 41.6 Å². The lowest BCUT2D eigenvalue weighted by Gasteiger charge is -2.25. The standard InChI is InChI=1S/C14H14N2OS/c1-9-2-3-10-6-11(4-5-13(10)15-9)14(17)16-12-7-18-8-12/h2-6,12H,7-8H2,1H3,(H,16,17). The SMILES string of the molecule is Cc1ccc2cc(C(=O)NC3CSC3)ccc2n1. The van der Waals surface area contributed by atoms with Gasteiger partial charge in [0.1, 0.15) is 0 Å². The molecule has 0 saturated carbocycles. The summed E-state index contributed by atoms with van der Waals surface area (Å²) in [6.07, 6.45) is 0. The fraction of sp³-hybridized carbons (Fsp3) is 0.286. The summed E-state index contributed by atoms with van der Waals surface area (Å²) in [5.74, 6) is 2.07. The fourth-order valence-corrected chi connectivity index (χ4v) is 2.59. The number of hydrogen-bond acceptors (Lipinski definition) is 3. The Morgan fingerprint density at radius 1 is 1.33 bits per heavy atom. The van der Waals surface area contributed by atoms with Crippen LogP contribution in [0.4, 0.5) is 0 Å². The van der Waals surface area contributed by atoms with Crippen molar-refractivity contribution in [2.45, 2.75) is 13.0 Å². The van der Waals surface area contributed by atoms with Crippen LogP contribution in [0, 0.1) is 6.92 Å². The van der Waals surface area contributed by atoms with Crippen LogP contribution in [0.2, 0.25) is 0 Å². The number of nitrogens with zero attached hydrogens (tertiary/aromatic N) is 1. The summed E-state index contributed by atoms with van der Waals surface area (Å²) < 4.78 is 0. The minimum Gasteiger partial charge on any atom is -0.348 e. The number of rotatable bonds is 2. The third-order valence-electron chi connectivity index (χ3n) is 3.06. The summed E-state index contributed by atoms with van der Waals surface area (Å²) in [4.78, 5) is 16.4. The van der Waals surface area contributed by atoms with E-state index in [1.807, 2.05) is 49.0 Å². The zero-order valence-electron chi connectivity index (χ0n) is 10.1. The molecule has 92 valence electrons. The normalized spacial score (nSPS) is 15.4. The van der Waals surface area contributed by atoms with Crippen LogP contribution in [0.25, 0.3) is 10.9 Å². The van der Waals surface area contributed by atoms with Crippen molar-refractivity contribution in [1.82, 2.24) is 10.3 Å². The molecule has 1 saturated heterocycles. The van der Waals surface area contributed by atoms with E-state index in [0.717, 1.165) is 28.1 Å². The summed E-state index contributed by atoms with van der Waals surface area (Å²) in [6.45, 7) is 1.97. The number of aryl methyl sites for hydroxylation is 1. The van der Waals surface area contributed by atoms with E-state index in [4.69, 9.17) is 0 Å². The van der Waals surface area contributed by atoms with E-state index < -0.39 is 0 Å². The van der Waals surface area contributed by atoms with Gasteiger partial charge in [-0.25, -0.2) is 0 Å². The Morgan fingerprint density at radius 3 is 2.89 bits per heavy atom. The van der Waals surface area contributed by atoms with Crippen molar-refractivity contribution in [3.63, 3.8) is 0 Å². The number of aromatic nitrogens is 1. The molecule has 3 rings (SSSR count). The molecule has 2 heterocycles. The van der Waals surface area contributed by atoms with Gasteiger partial charge < -0.3 is 5.32 Å². The highest BCUT2D eigenvalue weighted by Gasteiger charge is 2.20. The van der Waals surface area contributed by atoms with E-state index in [1.165, 1.54) is 0 Å². The predicted molar refractivity (Wildman–Crippen MR) is 75.1 cm³/mol. The van der Waals surface area contributed by atoms with E-state index in [-0.39, 0.29) is 5.91 Å². The minimum absolute atomic E-state index is 0.0165. The monoisotopic (exact) mass is 258 g/mol. The predicted octanol–water partition coefficient (Wildman–Crippen LogP) is 2.39. The van der Waals surface area contributed by atoms with Crippen molar-refractivity contribution in [3.8, 4) is 0 Å². The summed E-state index contributed by atoms with van der Waals surface area (Å²) in [7, 11) is 0. The molecular weight excluding hydrogens is 244 g/mol. The van der Waals surface area contributed by atoms with E-state index in [1.54, 1.807) is 0 Å². The van der Waals surface area contributed by atoms with Crippen molar-refractivity contribution >= 4 is 28.6 Å². The maximum Gasteiger partial charge on any atom is 0.251 e. The second-order valence-electron chi connectivity index (χ2n) is 4.57. The highest BCUT2D eigenvalue weighted by Crippen LogP contribution is 2.19. The summed E-state index contributed by atoms with van der Waals surface area (Å²) in [6, 6.07) is 9.97. The van der Waals surface area contributed by atoms with Gasteiger partial charge in [-0.3, -0.25) is 9.78 Å². The molecule has 1 aliphatic rings. The number of nitrogens with one attached hydrogen (secondary N) is 1. The number of benzene rings is 1. The smallest absolute Gasteiger partial charge is 0.251 e. The topological polar surface area (TPSA) is 42.0 Å². The molecule has 0 aliphatic carbocycles. The summed E-state index contributed by atoms with van der Waals surface area (Å²) in [5, 5.41) is 4.04. The molecule has 0 spiro atoms. The molecule has 0 atom stereocenters. The van der Waals surface area contributed by atoms with E-state index in [0.29, 0.717) is 11.6 Å². The first-order valence-corrected chi connectivity index (χ1v) is 7.14. The zero-order chi connectivity index (χ0) is 12.5. The van der Waals surface area contributed by atoms with Gasteiger partial charge in [0.25, 0.3) is 5.91 Å². The lowest BCUT2D eigenvalue weighted by Crippen LogP contribution is -2.43. The molecule has 3 nitrogen and oxygen atoms in total. The lowest BCUT2D eigenvalue weighted by atomic mass is 10.1. The van der Waals surface area contributed by atoms with Crippen molar-refractivity contribution < 1.29 is 4.79 Å². The third kappa shape index (κ3) is 2.20. The molecule has 2 aromatic rings. The van der Waals surface area contributed by atoms with Crippen molar-refractivity contribution in [1.29, 1.82) is 0 Å². The first-order valence-electron chi connectivity index (χ1n) is 5.98. The van der Waals surface area contributed by atoms with Crippen LogP contribution in [0.3, 0.4) is 0 Å². The van der Waals surface area contributed by atoms with Crippen LogP contribution in [-0.4, -0.2) is 28.4 Å². The van der Waals surface area contributed by atoms with Gasteiger partial charge in [0.2, 0.25) is 0 Å². The second-order valence-corrected chi connectivity index (χ2v) is 5.64. The average Bonchev–Trinajstić information content (AvgIpc) is 2.33. The van der Waals surface area contributed by atoms with Gasteiger partial charge in [-0.2, -0.15) is 11.8 Å². The van der Waals surface area contributed by atoms with Gasteiger partial charge in [-0.05, 0) is 31.2 Å². The number of pyridine rings is 1. The van der Waals surface area contributed by atoms with E-state index in [9.17, 15) is 4.79 Å². The van der Waals surface area contributed by atoms with Gasteiger partial charge in [-0.15, -0.1) is 0 Å². The number of amides is 1. The Kier molecular flexibility index (Phi) is 2.96. The second kappa shape index (κ2) is 4.61. The maximum absolute atomic E-state index is 12.0. The fourth-order valence-electron chi connectivity index (χ4n) is 1.96. The Morgan fingerprint density at radius 2 is 2.17 bits per heavy atom. The largest absolute Gasteiger partial charge is 0.348 e. The molecular formula is C14H14N2OS.